The predicted molar refractivity (Wildman–Crippen MR) is 71.1 cm³/mol. The lowest BCUT2D eigenvalue weighted by atomic mass is 9.75. The first-order valence-electron chi connectivity index (χ1n) is 6.20. The second-order valence-corrected chi connectivity index (χ2v) is 6.89. The lowest BCUT2D eigenvalue weighted by molar-refractivity contribution is 0.218. The molecule has 5 heteroatoms. The van der Waals surface area contributed by atoms with Crippen molar-refractivity contribution >= 4 is 11.8 Å². The van der Waals surface area contributed by atoms with Crippen LogP contribution in [0.15, 0.2) is 11.5 Å². The van der Waals surface area contributed by atoms with Gasteiger partial charge in [0.05, 0.1) is 0 Å². The second-order valence-electron chi connectivity index (χ2n) is 5.68. The highest BCUT2D eigenvalue weighted by Gasteiger charge is 2.35. The Labute approximate surface area is 108 Å². The van der Waals surface area contributed by atoms with Gasteiger partial charge in [0.1, 0.15) is 6.33 Å². The number of hydrogen-bond donors (Lipinski definition) is 1. The maximum atomic E-state index is 4.17. The molecule has 1 aliphatic carbocycles. The van der Waals surface area contributed by atoms with Gasteiger partial charge in [-0.1, -0.05) is 25.6 Å². The van der Waals surface area contributed by atoms with Crippen molar-refractivity contribution in [2.45, 2.75) is 49.6 Å². The minimum atomic E-state index is 0.448. The maximum Gasteiger partial charge on any atom is 0.191 e. The first-order valence-corrected chi connectivity index (χ1v) is 7.08. The van der Waals surface area contributed by atoms with Gasteiger partial charge in [-0.2, -0.15) is 0 Å². The molecule has 0 bridgehead atoms. The van der Waals surface area contributed by atoms with Crippen LogP contribution in [0.1, 0.15) is 33.1 Å². The van der Waals surface area contributed by atoms with Crippen LogP contribution >= 0.6 is 11.8 Å². The highest BCUT2D eigenvalue weighted by molar-refractivity contribution is 7.99. The third-order valence-corrected chi connectivity index (χ3v) is 5.01. The largest absolute Gasteiger partial charge is 0.316 e. The van der Waals surface area contributed by atoms with Crippen LogP contribution < -0.4 is 5.32 Å². The molecule has 0 spiro atoms. The summed E-state index contributed by atoms with van der Waals surface area (Å²) in [4.78, 5) is 0. The molecule has 1 N–H and O–H groups in total. The van der Waals surface area contributed by atoms with E-state index in [1.807, 2.05) is 23.4 Å². The summed E-state index contributed by atoms with van der Waals surface area (Å²) in [6.45, 7) is 4.73. The predicted octanol–water partition coefficient (Wildman–Crippen LogP) is 2.07. The molecule has 1 heterocycles. The quantitative estimate of drug-likeness (QED) is 0.897. The number of nitrogens with zero attached hydrogens (tertiary/aromatic N) is 3. The Kier molecular flexibility index (Phi) is 3.78. The van der Waals surface area contributed by atoms with E-state index in [0.717, 1.165) is 5.16 Å². The molecular formula is C12H22N4S. The molecule has 0 radical (unpaired) electrons. The highest BCUT2D eigenvalue weighted by Crippen LogP contribution is 2.41. The third-order valence-electron chi connectivity index (χ3n) is 3.63. The average molecular weight is 254 g/mol. The van der Waals surface area contributed by atoms with E-state index in [1.165, 1.54) is 19.3 Å². The SMILES string of the molecule is CNC1CCC(C)(C)CC1Sc1nncn1C. The van der Waals surface area contributed by atoms with Gasteiger partial charge < -0.3 is 9.88 Å². The van der Waals surface area contributed by atoms with Gasteiger partial charge in [0.25, 0.3) is 0 Å². The van der Waals surface area contributed by atoms with Gasteiger partial charge in [-0.3, -0.25) is 0 Å². The zero-order chi connectivity index (χ0) is 12.5. The Morgan fingerprint density at radius 1 is 1.53 bits per heavy atom. The van der Waals surface area contributed by atoms with E-state index in [4.69, 9.17) is 0 Å². The normalized spacial score (nSPS) is 28.2. The van der Waals surface area contributed by atoms with Gasteiger partial charge in [-0.25, -0.2) is 0 Å². The Hall–Kier alpha value is -0.550. The number of thioether (sulfide) groups is 1. The maximum absolute atomic E-state index is 4.17. The van der Waals surface area contributed by atoms with Crippen molar-refractivity contribution in [3.05, 3.63) is 6.33 Å². The lowest BCUT2D eigenvalue weighted by Crippen LogP contribution is -2.43. The minimum absolute atomic E-state index is 0.448. The summed E-state index contributed by atoms with van der Waals surface area (Å²) in [5, 5.41) is 13.2. The van der Waals surface area contributed by atoms with Crippen LogP contribution in [0.5, 0.6) is 0 Å². The molecule has 17 heavy (non-hydrogen) atoms. The zero-order valence-corrected chi connectivity index (χ0v) is 11.9. The molecule has 0 aromatic carbocycles. The van der Waals surface area contributed by atoms with Gasteiger partial charge in [-0.15, -0.1) is 10.2 Å². The fraction of sp³-hybridized carbons (Fsp3) is 0.833. The van der Waals surface area contributed by atoms with Gasteiger partial charge in [0, 0.05) is 18.3 Å². The van der Waals surface area contributed by atoms with Gasteiger partial charge in [0.2, 0.25) is 0 Å². The molecule has 1 aliphatic rings. The summed E-state index contributed by atoms with van der Waals surface area (Å²) >= 11 is 1.86. The first-order chi connectivity index (χ1) is 8.02. The number of hydrogen-bond acceptors (Lipinski definition) is 4. The number of nitrogens with one attached hydrogen (secondary N) is 1. The van der Waals surface area contributed by atoms with E-state index in [9.17, 15) is 0 Å². The molecule has 1 aromatic heterocycles. The van der Waals surface area contributed by atoms with E-state index in [2.05, 4.69) is 36.4 Å². The summed E-state index contributed by atoms with van der Waals surface area (Å²) in [6, 6.07) is 0.588. The molecule has 0 amide bonds. The Bertz CT molecular complexity index is 374. The van der Waals surface area contributed by atoms with Crippen LogP contribution in [-0.4, -0.2) is 33.1 Å². The highest BCUT2D eigenvalue weighted by atomic mass is 32.2. The van der Waals surface area contributed by atoms with Crippen molar-refractivity contribution in [3.8, 4) is 0 Å². The Morgan fingerprint density at radius 2 is 2.29 bits per heavy atom. The molecule has 4 nitrogen and oxygen atoms in total. The Morgan fingerprint density at radius 3 is 2.88 bits per heavy atom. The standard InChI is InChI=1S/C12H22N4S/c1-12(2)6-5-9(13-3)10(7-12)17-11-15-14-8-16(11)4/h8-10,13H,5-7H2,1-4H3. The third kappa shape index (κ3) is 3.01. The summed E-state index contributed by atoms with van der Waals surface area (Å²) in [7, 11) is 4.07. The fourth-order valence-electron chi connectivity index (χ4n) is 2.49. The van der Waals surface area contributed by atoms with Crippen molar-refractivity contribution in [2.24, 2.45) is 12.5 Å². The van der Waals surface area contributed by atoms with E-state index >= 15 is 0 Å². The molecular weight excluding hydrogens is 232 g/mol. The second kappa shape index (κ2) is 4.98. The van der Waals surface area contributed by atoms with Crippen molar-refractivity contribution in [3.63, 3.8) is 0 Å². The van der Waals surface area contributed by atoms with Crippen LogP contribution in [0.2, 0.25) is 0 Å². The monoisotopic (exact) mass is 254 g/mol. The molecule has 96 valence electrons. The molecule has 2 rings (SSSR count). The molecule has 1 aromatic rings. The van der Waals surface area contributed by atoms with E-state index < -0.39 is 0 Å². The first kappa shape index (κ1) is 12.9. The van der Waals surface area contributed by atoms with Crippen LogP contribution in [0.3, 0.4) is 0 Å². The summed E-state index contributed by atoms with van der Waals surface area (Å²) in [5.74, 6) is 0. The van der Waals surface area contributed by atoms with Gasteiger partial charge in [-0.05, 0) is 31.7 Å². The van der Waals surface area contributed by atoms with E-state index in [1.54, 1.807) is 6.33 Å². The van der Waals surface area contributed by atoms with Gasteiger partial charge in [0.15, 0.2) is 5.16 Å². The Balaban J connectivity index is 2.08. The summed E-state index contributed by atoms with van der Waals surface area (Å²) in [6.07, 6.45) is 5.55. The van der Waals surface area contributed by atoms with Crippen LogP contribution in [0, 0.1) is 5.41 Å². The zero-order valence-electron chi connectivity index (χ0n) is 11.1. The smallest absolute Gasteiger partial charge is 0.191 e. The van der Waals surface area contributed by atoms with Crippen molar-refractivity contribution in [2.75, 3.05) is 7.05 Å². The molecule has 2 atom stereocenters. The minimum Gasteiger partial charge on any atom is -0.316 e. The fourth-order valence-corrected chi connectivity index (χ4v) is 4.04. The molecule has 2 unspecified atom stereocenters. The summed E-state index contributed by atoms with van der Waals surface area (Å²) in [5.41, 5.74) is 0.448. The topological polar surface area (TPSA) is 42.7 Å². The number of aromatic nitrogens is 3. The number of rotatable bonds is 3. The number of aryl methyl sites for hydroxylation is 1. The molecule has 0 aliphatic heterocycles. The molecule has 1 fully saturated rings. The van der Waals surface area contributed by atoms with Crippen LogP contribution in [-0.2, 0) is 7.05 Å². The molecule has 1 saturated carbocycles. The van der Waals surface area contributed by atoms with Crippen LogP contribution in [0.25, 0.3) is 0 Å². The molecule has 0 saturated heterocycles. The summed E-state index contributed by atoms with van der Waals surface area (Å²) < 4.78 is 2.00. The lowest BCUT2D eigenvalue weighted by Gasteiger charge is -2.40. The van der Waals surface area contributed by atoms with Crippen molar-refractivity contribution in [1.29, 1.82) is 0 Å². The van der Waals surface area contributed by atoms with Gasteiger partial charge >= 0.3 is 0 Å². The van der Waals surface area contributed by atoms with Crippen molar-refractivity contribution < 1.29 is 0 Å². The van der Waals surface area contributed by atoms with E-state index in [-0.39, 0.29) is 0 Å². The average Bonchev–Trinajstić information content (AvgIpc) is 2.64. The van der Waals surface area contributed by atoms with E-state index in [0.29, 0.717) is 16.7 Å². The van der Waals surface area contributed by atoms with Crippen molar-refractivity contribution in [1.82, 2.24) is 20.1 Å². The van der Waals surface area contributed by atoms with Crippen LogP contribution in [0.4, 0.5) is 0 Å².